The van der Waals surface area contributed by atoms with Crippen molar-refractivity contribution in [1.29, 1.82) is 0 Å². The molecule has 0 aliphatic carbocycles. The number of nitrogens with one attached hydrogen (secondary N) is 1. The minimum atomic E-state index is 0.0153. The SMILES string of the molecule is CCCCNC1[C]OOc2ccccc21. The molecule has 0 spiro atoms. The summed E-state index contributed by atoms with van der Waals surface area (Å²) in [4.78, 5) is 9.84. The summed E-state index contributed by atoms with van der Waals surface area (Å²) >= 11 is 0. The van der Waals surface area contributed by atoms with Gasteiger partial charge in [-0.1, -0.05) is 31.5 Å². The topological polar surface area (TPSA) is 30.5 Å². The molecule has 0 amide bonds. The maximum atomic E-state index is 5.01. The summed E-state index contributed by atoms with van der Waals surface area (Å²) in [6, 6.07) is 7.85. The fraction of sp³-hybridized carbons (Fsp3) is 0.417. The predicted octanol–water partition coefficient (Wildman–Crippen LogP) is 2.48. The number of rotatable bonds is 4. The third kappa shape index (κ3) is 2.49. The molecule has 1 heterocycles. The zero-order chi connectivity index (χ0) is 10.5. The van der Waals surface area contributed by atoms with Crippen molar-refractivity contribution in [3.05, 3.63) is 36.4 Å². The highest BCUT2D eigenvalue weighted by Gasteiger charge is 2.22. The lowest BCUT2D eigenvalue weighted by Crippen LogP contribution is -2.27. The molecule has 0 bridgehead atoms. The van der Waals surface area contributed by atoms with Crippen molar-refractivity contribution in [1.82, 2.24) is 5.32 Å². The number of hydrogen-bond donors (Lipinski definition) is 1. The maximum absolute atomic E-state index is 5.01. The Morgan fingerprint density at radius 2 is 2.27 bits per heavy atom. The molecule has 1 aliphatic heterocycles. The highest BCUT2D eigenvalue weighted by atomic mass is 17.2. The van der Waals surface area contributed by atoms with Gasteiger partial charge in [0.15, 0.2) is 5.75 Å². The van der Waals surface area contributed by atoms with E-state index in [4.69, 9.17) is 9.78 Å². The van der Waals surface area contributed by atoms with Gasteiger partial charge in [-0.3, -0.25) is 0 Å². The zero-order valence-electron chi connectivity index (χ0n) is 8.82. The Labute approximate surface area is 90.3 Å². The molecule has 3 heteroatoms. The smallest absolute Gasteiger partial charge is 0.210 e. The van der Waals surface area contributed by atoms with Gasteiger partial charge in [-0.05, 0) is 19.0 Å². The third-order valence-corrected chi connectivity index (χ3v) is 2.41. The number of unbranched alkanes of at least 4 members (excludes halogenated alkanes) is 1. The number of fused-ring (bicyclic) bond motifs is 1. The van der Waals surface area contributed by atoms with E-state index in [1.54, 1.807) is 0 Å². The van der Waals surface area contributed by atoms with Crippen LogP contribution >= 0.6 is 0 Å². The molecule has 1 aliphatic rings. The molecule has 0 aromatic heterocycles. The predicted molar refractivity (Wildman–Crippen MR) is 57.0 cm³/mol. The number of benzene rings is 1. The summed E-state index contributed by atoms with van der Waals surface area (Å²) in [5.41, 5.74) is 1.08. The molecule has 0 saturated heterocycles. The van der Waals surface area contributed by atoms with E-state index in [0.29, 0.717) is 0 Å². The maximum Gasteiger partial charge on any atom is 0.210 e. The Balaban J connectivity index is 2.02. The first-order valence-electron chi connectivity index (χ1n) is 5.33. The normalized spacial score (nSPS) is 19.4. The van der Waals surface area contributed by atoms with Crippen LogP contribution in [0, 0.1) is 6.61 Å². The minimum Gasteiger partial charge on any atom is -0.336 e. The van der Waals surface area contributed by atoms with E-state index >= 15 is 0 Å². The molecule has 1 unspecified atom stereocenters. The summed E-state index contributed by atoms with van der Waals surface area (Å²) in [5.74, 6) is 0.769. The summed E-state index contributed by atoms with van der Waals surface area (Å²) in [6.07, 6.45) is 2.33. The van der Waals surface area contributed by atoms with Crippen molar-refractivity contribution >= 4 is 0 Å². The number of para-hydroxylation sites is 1. The largest absolute Gasteiger partial charge is 0.336 e. The van der Waals surface area contributed by atoms with Gasteiger partial charge in [-0.15, -0.1) is 0 Å². The van der Waals surface area contributed by atoms with Gasteiger partial charge < -0.3 is 10.2 Å². The van der Waals surface area contributed by atoms with Crippen molar-refractivity contribution in [3.63, 3.8) is 0 Å². The lowest BCUT2D eigenvalue weighted by molar-refractivity contribution is -0.190. The van der Waals surface area contributed by atoms with E-state index in [9.17, 15) is 0 Å². The highest BCUT2D eigenvalue weighted by molar-refractivity contribution is 5.37. The lowest BCUT2D eigenvalue weighted by atomic mass is 10.1. The number of hydrogen-bond acceptors (Lipinski definition) is 3. The van der Waals surface area contributed by atoms with E-state index in [2.05, 4.69) is 18.8 Å². The first kappa shape index (κ1) is 10.5. The van der Waals surface area contributed by atoms with Crippen molar-refractivity contribution in [2.75, 3.05) is 6.54 Å². The lowest BCUT2D eigenvalue weighted by Gasteiger charge is -2.23. The van der Waals surface area contributed by atoms with Crippen LogP contribution in [0.2, 0.25) is 0 Å². The Morgan fingerprint density at radius 3 is 3.13 bits per heavy atom. The molecular weight excluding hydrogens is 190 g/mol. The van der Waals surface area contributed by atoms with Crippen LogP contribution in [-0.4, -0.2) is 6.54 Å². The summed E-state index contributed by atoms with van der Waals surface area (Å²) in [5, 5.41) is 3.36. The van der Waals surface area contributed by atoms with Crippen LogP contribution in [0.3, 0.4) is 0 Å². The van der Waals surface area contributed by atoms with Gasteiger partial charge in [0.2, 0.25) is 6.61 Å². The second-order valence-corrected chi connectivity index (χ2v) is 3.56. The Kier molecular flexibility index (Phi) is 3.59. The molecule has 3 nitrogen and oxygen atoms in total. The van der Waals surface area contributed by atoms with Crippen molar-refractivity contribution in [2.24, 2.45) is 0 Å². The second kappa shape index (κ2) is 5.14. The zero-order valence-corrected chi connectivity index (χ0v) is 8.82. The highest BCUT2D eigenvalue weighted by Crippen LogP contribution is 2.31. The third-order valence-electron chi connectivity index (χ3n) is 2.41. The summed E-state index contributed by atoms with van der Waals surface area (Å²) in [6.45, 7) is 5.94. The van der Waals surface area contributed by atoms with E-state index in [1.165, 1.54) is 6.42 Å². The van der Waals surface area contributed by atoms with Crippen LogP contribution < -0.4 is 10.2 Å². The molecular formula is C12H15NO2. The van der Waals surface area contributed by atoms with Gasteiger partial charge in [0.05, 0.1) is 6.04 Å². The summed E-state index contributed by atoms with van der Waals surface area (Å²) in [7, 11) is 0. The van der Waals surface area contributed by atoms with Gasteiger partial charge in [0.25, 0.3) is 0 Å². The molecule has 1 aromatic rings. The minimum absolute atomic E-state index is 0.0153. The van der Waals surface area contributed by atoms with Gasteiger partial charge in [-0.25, -0.2) is 0 Å². The van der Waals surface area contributed by atoms with E-state index in [1.807, 2.05) is 24.3 Å². The van der Waals surface area contributed by atoms with Gasteiger partial charge in [0.1, 0.15) is 0 Å². The van der Waals surface area contributed by atoms with Crippen LogP contribution in [0.15, 0.2) is 24.3 Å². The Hall–Kier alpha value is -1.06. The van der Waals surface area contributed by atoms with E-state index in [-0.39, 0.29) is 6.04 Å². The first-order chi connectivity index (χ1) is 7.42. The monoisotopic (exact) mass is 205 g/mol. The Morgan fingerprint density at radius 1 is 1.40 bits per heavy atom. The van der Waals surface area contributed by atoms with E-state index < -0.39 is 0 Å². The van der Waals surface area contributed by atoms with Crippen LogP contribution in [0.5, 0.6) is 5.75 Å². The van der Waals surface area contributed by atoms with Crippen molar-refractivity contribution < 1.29 is 9.78 Å². The molecule has 1 atom stereocenters. The van der Waals surface area contributed by atoms with Crippen molar-refractivity contribution in [2.45, 2.75) is 25.8 Å². The average Bonchev–Trinajstić information content (AvgIpc) is 2.30. The molecule has 2 rings (SSSR count). The first-order valence-corrected chi connectivity index (χ1v) is 5.33. The van der Waals surface area contributed by atoms with Crippen LogP contribution in [-0.2, 0) is 4.89 Å². The Bertz CT molecular complexity index is 314. The standard InChI is InChI=1S/C12H15NO2/c1-2-3-8-13-11-9-14-15-12-7-5-4-6-10(11)12/h4-7,11,13H,2-3,8H2,1H3. The van der Waals surface area contributed by atoms with Gasteiger partial charge >= 0.3 is 0 Å². The van der Waals surface area contributed by atoms with Gasteiger partial charge in [-0.2, -0.15) is 4.89 Å². The fourth-order valence-corrected chi connectivity index (χ4v) is 1.55. The molecule has 1 N–H and O–H groups in total. The van der Waals surface area contributed by atoms with E-state index in [0.717, 1.165) is 24.3 Å². The van der Waals surface area contributed by atoms with Crippen LogP contribution in [0.25, 0.3) is 0 Å². The molecule has 1 aromatic carbocycles. The fourth-order valence-electron chi connectivity index (χ4n) is 1.55. The summed E-state index contributed by atoms with van der Waals surface area (Å²) < 4.78 is 0. The molecule has 80 valence electrons. The van der Waals surface area contributed by atoms with Gasteiger partial charge in [0, 0.05) is 5.56 Å². The quantitative estimate of drug-likeness (QED) is 0.605. The molecule has 0 saturated carbocycles. The van der Waals surface area contributed by atoms with Crippen LogP contribution in [0.4, 0.5) is 0 Å². The van der Waals surface area contributed by atoms with Crippen LogP contribution in [0.1, 0.15) is 31.4 Å². The second-order valence-electron chi connectivity index (χ2n) is 3.56. The average molecular weight is 205 g/mol. The molecule has 2 radical (unpaired) electrons. The van der Waals surface area contributed by atoms with Crippen molar-refractivity contribution in [3.8, 4) is 5.75 Å². The molecule has 15 heavy (non-hydrogen) atoms. The molecule has 0 fully saturated rings.